The third kappa shape index (κ3) is 1.16. The quantitative estimate of drug-likeness (QED) is 0.664. The van der Waals surface area contributed by atoms with Gasteiger partial charge in [0.2, 0.25) is 0 Å². The summed E-state index contributed by atoms with van der Waals surface area (Å²) < 4.78 is 11.3. The second kappa shape index (κ2) is 3.17. The lowest BCUT2D eigenvalue weighted by atomic mass is 9.66. The van der Waals surface area contributed by atoms with E-state index >= 15 is 0 Å². The van der Waals surface area contributed by atoms with Crippen LogP contribution in [0.3, 0.4) is 0 Å². The van der Waals surface area contributed by atoms with Crippen molar-refractivity contribution in [2.24, 2.45) is 5.92 Å². The topological polar surface area (TPSA) is 58.9 Å². The molecule has 3 heterocycles. The zero-order valence-electron chi connectivity index (χ0n) is 8.93. The van der Waals surface area contributed by atoms with Crippen LogP contribution in [-0.2, 0) is 9.47 Å². The molecular formula is C11H18O4. The van der Waals surface area contributed by atoms with E-state index in [1.807, 2.05) is 0 Å². The fourth-order valence-corrected chi connectivity index (χ4v) is 3.39. The molecule has 3 aliphatic heterocycles. The van der Waals surface area contributed by atoms with Gasteiger partial charge in [-0.05, 0) is 18.8 Å². The first-order valence-corrected chi connectivity index (χ1v) is 5.87. The molecular weight excluding hydrogens is 196 g/mol. The van der Waals surface area contributed by atoms with E-state index < -0.39 is 11.7 Å². The Balaban J connectivity index is 1.96. The lowest BCUT2D eigenvalue weighted by Crippen LogP contribution is -2.74. The van der Waals surface area contributed by atoms with Gasteiger partial charge in [0.05, 0.1) is 18.3 Å². The highest BCUT2D eigenvalue weighted by Gasteiger charge is 2.63. The van der Waals surface area contributed by atoms with Gasteiger partial charge < -0.3 is 19.7 Å². The highest BCUT2D eigenvalue weighted by molar-refractivity contribution is 5.11. The van der Waals surface area contributed by atoms with Crippen molar-refractivity contribution in [3.63, 3.8) is 0 Å². The molecule has 86 valence electrons. The average Bonchev–Trinajstić information content (AvgIpc) is 2.19. The Bertz CT molecular complexity index is 269. The lowest BCUT2D eigenvalue weighted by molar-refractivity contribution is -0.404. The molecule has 0 aromatic heterocycles. The SMILES string of the molecule is CC[C@@H]1CCC2O[C@@H]3C[C@H](O)C2(O)[C@H]1O3. The normalized spacial score (nSPS) is 58.2. The molecule has 6 atom stereocenters. The van der Waals surface area contributed by atoms with Crippen molar-refractivity contribution in [3.8, 4) is 0 Å². The first-order valence-electron chi connectivity index (χ1n) is 5.87. The lowest BCUT2D eigenvalue weighted by Gasteiger charge is -2.60. The molecule has 4 aliphatic rings. The molecule has 1 saturated carbocycles. The van der Waals surface area contributed by atoms with Crippen LogP contribution in [0.2, 0.25) is 0 Å². The number of rotatable bonds is 1. The van der Waals surface area contributed by atoms with Crippen LogP contribution in [0.1, 0.15) is 32.6 Å². The molecule has 4 rings (SSSR count). The molecule has 2 unspecified atom stereocenters. The van der Waals surface area contributed by atoms with E-state index in [1.54, 1.807) is 0 Å². The van der Waals surface area contributed by atoms with E-state index in [1.165, 1.54) is 0 Å². The zero-order valence-corrected chi connectivity index (χ0v) is 8.93. The van der Waals surface area contributed by atoms with Crippen molar-refractivity contribution in [1.29, 1.82) is 0 Å². The molecule has 4 heteroatoms. The van der Waals surface area contributed by atoms with Crippen LogP contribution in [-0.4, -0.2) is 40.4 Å². The van der Waals surface area contributed by atoms with Gasteiger partial charge in [-0.1, -0.05) is 13.3 Å². The second-order valence-corrected chi connectivity index (χ2v) is 5.00. The largest absolute Gasteiger partial charge is 0.390 e. The summed E-state index contributed by atoms with van der Waals surface area (Å²) in [6.07, 6.45) is 1.79. The Hall–Kier alpha value is -0.160. The molecule has 2 N–H and O–H groups in total. The van der Waals surface area contributed by atoms with E-state index in [0.717, 1.165) is 19.3 Å². The van der Waals surface area contributed by atoms with Crippen molar-refractivity contribution < 1.29 is 19.7 Å². The predicted octanol–water partition coefficient (Wildman–Crippen LogP) is 0.412. The highest BCUT2D eigenvalue weighted by Crippen LogP contribution is 2.49. The molecule has 0 radical (unpaired) electrons. The van der Waals surface area contributed by atoms with Gasteiger partial charge in [-0.25, -0.2) is 0 Å². The van der Waals surface area contributed by atoms with Crippen LogP contribution in [0.15, 0.2) is 0 Å². The summed E-state index contributed by atoms with van der Waals surface area (Å²) in [5.41, 5.74) is -1.16. The number of aliphatic hydroxyl groups is 2. The summed E-state index contributed by atoms with van der Waals surface area (Å²) in [6, 6.07) is 0. The highest BCUT2D eigenvalue weighted by atomic mass is 16.7. The summed E-state index contributed by atoms with van der Waals surface area (Å²) in [4.78, 5) is 0. The molecule has 3 saturated heterocycles. The average molecular weight is 214 g/mol. The number of aliphatic hydroxyl groups excluding tert-OH is 1. The smallest absolute Gasteiger partial charge is 0.161 e. The Morgan fingerprint density at radius 2 is 2.13 bits per heavy atom. The third-order valence-electron chi connectivity index (χ3n) is 4.29. The van der Waals surface area contributed by atoms with Crippen molar-refractivity contribution in [1.82, 2.24) is 0 Å². The van der Waals surface area contributed by atoms with Crippen LogP contribution in [0.4, 0.5) is 0 Å². The number of fused-ring (bicyclic) bond motifs is 1. The van der Waals surface area contributed by atoms with Crippen LogP contribution in [0.5, 0.6) is 0 Å². The van der Waals surface area contributed by atoms with Gasteiger partial charge in [0.15, 0.2) is 6.29 Å². The molecule has 4 fully saturated rings. The third-order valence-corrected chi connectivity index (χ3v) is 4.29. The molecule has 4 bridgehead atoms. The first kappa shape index (κ1) is 10.0. The first-order chi connectivity index (χ1) is 7.16. The maximum Gasteiger partial charge on any atom is 0.161 e. The number of ether oxygens (including phenoxy) is 2. The fourth-order valence-electron chi connectivity index (χ4n) is 3.39. The second-order valence-electron chi connectivity index (χ2n) is 5.00. The van der Waals surface area contributed by atoms with Crippen molar-refractivity contribution in [2.75, 3.05) is 0 Å². The summed E-state index contributed by atoms with van der Waals surface area (Å²) in [7, 11) is 0. The Morgan fingerprint density at radius 1 is 1.33 bits per heavy atom. The van der Waals surface area contributed by atoms with Crippen molar-refractivity contribution in [3.05, 3.63) is 0 Å². The van der Waals surface area contributed by atoms with Gasteiger partial charge in [0.25, 0.3) is 0 Å². The summed E-state index contributed by atoms with van der Waals surface area (Å²) in [5.74, 6) is 0.354. The predicted molar refractivity (Wildman–Crippen MR) is 52.1 cm³/mol. The van der Waals surface area contributed by atoms with E-state index in [-0.39, 0.29) is 18.5 Å². The minimum Gasteiger partial charge on any atom is -0.390 e. The van der Waals surface area contributed by atoms with Crippen LogP contribution >= 0.6 is 0 Å². The molecule has 0 spiro atoms. The fraction of sp³-hybridized carbons (Fsp3) is 1.00. The van der Waals surface area contributed by atoms with E-state index in [9.17, 15) is 10.2 Å². The molecule has 0 aromatic carbocycles. The zero-order chi connectivity index (χ0) is 10.6. The van der Waals surface area contributed by atoms with Crippen LogP contribution in [0.25, 0.3) is 0 Å². The molecule has 0 aromatic rings. The standard InChI is InChI=1S/C11H18O4/c1-2-6-3-4-8-11(13)7(12)5-9(14-8)15-10(6)11/h6-10,12-13H,2-5H2,1H3/t6-,7+,8?,9+,10+,11?/m1/s1. The van der Waals surface area contributed by atoms with Crippen LogP contribution < -0.4 is 0 Å². The molecule has 1 aliphatic carbocycles. The monoisotopic (exact) mass is 214 g/mol. The van der Waals surface area contributed by atoms with Gasteiger partial charge in [-0.2, -0.15) is 0 Å². The van der Waals surface area contributed by atoms with Crippen molar-refractivity contribution >= 4 is 0 Å². The van der Waals surface area contributed by atoms with Gasteiger partial charge in [0.1, 0.15) is 5.60 Å². The maximum absolute atomic E-state index is 10.6. The van der Waals surface area contributed by atoms with Gasteiger partial charge >= 0.3 is 0 Å². The summed E-state index contributed by atoms with van der Waals surface area (Å²) in [6.45, 7) is 2.10. The Morgan fingerprint density at radius 3 is 2.87 bits per heavy atom. The Labute approximate surface area is 89.2 Å². The molecule has 15 heavy (non-hydrogen) atoms. The van der Waals surface area contributed by atoms with E-state index in [4.69, 9.17) is 9.47 Å². The maximum atomic E-state index is 10.6. The Kier molecular flexibility index (Phi) is 2.12. The minimum absolute atomic E-state index is 0.229. The van der Waals surface area contributed by atoms with Gasteiger partial charge in [-0.15, -0.1) is 0 Å². The molecule has 0 amide bonds. The summed E-state index contributed by atoms with van der Waals surface area (Å²) >= 11 is 0. The van der Waals surface area contributed by atoms with Crippen LogP contribution in [0, 0.1) is 5.92 Å². The van der Waals surface area contributed by atoms with Gasteiger partial charge in [-0.3, -0.25) is 0 Å². The van der Waals surface area contributed by atoms with Crippen molar-refractivity contribution in [2.45, 2.75) is 62.8 Å². The molecule has 4 nitrogen and oxygen atoms in total. The van der Waals surface area contributed by atoms with E-state index in [2.05, 4.69) is 6.92 Å². The summed E-state index contributed by atoms with van der Waals surface area (Å²) in [5, 5.41) is 20.5. The van der Waals surface area contributed by atoms with E-state index in [0.29, 0.717) is 12.3 Å². The number of hydrogen-bond acceptors (Lipinski definition) is 4. The van der Waals surface area contributed by atoms with Gasteiger partial charge in [0, 0.05) is 6.42 Å². The number of hydrogen-bond donors (Lipinski definition) is 2. The minimum atomic E-state index is -1.16.